The molecule has 0 spiro atoms. The first kappa shape index (κ1) is 11.3. The molecule has 0 aliphatic rings. The average molecular weight is 234 g/mol. The Hall–Kier alpha value is -2.21. The molecule has 6 heteroatoms. The lowest BCUT2D eigenvalue weighted by Gasteiger charge is -2.11. The highest BCUT2D eigenvalue weighted by molar-refractivity contribution is 5.62. The van der Waals surface area contributed by atoms with Gasteiger partial charge in [-0.25, -0.2) is 19.9 Å². The molecule has 0 atom stereocenters. The van der Waals surface area contributed by atoms with Gasteiger partial charge in [0.15, 0.2) is 0 Å². The number of hydrazine groups is 1. The van der Waals surface area contributed by atoms with Crippen molar-refractivity contribution in [2.24, 2.45) is 5.84 Å². The Bertz CT molecular complexity index is 552. The van der Waals surface area contributed by atoms with Crippen molar-refractivity contribution in [1.82, 2.24) is 9.66 Å². The summed E-state index contributed by atoms with van der Waals surface area (Å²) >= 11 is 0. The van der Waals surface area contributed by atoms with Gasteiger partial charge in [0.25, 0.3) is 0 Å². The second-order valence-corrected chi connectivity index (χ2v) is 3.48. The third-order valence-corrected chi connectivity index (χ3v) is 2.36. The van der Waals surface area contributed by atoms with Crippen LogP contribution in [0.15, 0.2) is 30.5 Å². The number of nitrogens with two attached hydrogens (primary N) is 1. The number of aromatic nitrogens is 2. The maximum absolute atomic E-state index is 13.5. The SMILES string of the molecule is Cc1nc(-c2ccccc2F)cn1N(N)C=O. The fourth-order valence-electron chi connectivity index (χ4n) is 1.55. The van der Waals surface area contributed by atoms with Crippen molar-refractivity contribution in [1.29, 1.82) is 0 Å². The number of benzene rings is 1. The van der Waals surface area contributed by atoms with Gasteiger partial charge in [-0.2, -0.15) is 5.12 Å². The van der Waals surface area contributed by atoms with E-state index in [0.717, 1.165) is 5.12 Å². The normalized spacial score (nSPS) is 10.3. The smallest absolute Gasteiger partial charge is 0.243 e. The van der Waals surface area contributed by atoms with E-state index in [0.29, 0.717) is 23.5 Å². The third-order valence-electron chi connectivity index (χ3n) is 2.36. The summed E-state index contributed by atoms with van der Waals surface area (Å²) in [5.41, 5.74) is 0.798. The first-order valence-electron chi connectivity index (χ1n) is 4.94. The van der Waals surface area contributed by atoms with Gasteiger partial charge in [0.05, 0.1) is 11.9 Å². The number of rotatable bonds is 3. The van der Waals surface area contributed by atoms with Crippen LogP contribution in [0.25, 0.3) is 11.3 Å². The van der Waals surface area contributed by atoms with Crippen molar-refractivity contribution in [3.63, 3.8) is 0 Å². The highest BCUT2D eigenvalue weighted by Crippen LogP contribution is 2.21. The van der Waals surface area contributed by atoms with E-state index in [1.54, 1.807) is 25.1 Å². The van der Waals surface area contributed by atoms with Gasteiger partial charge in [-0.15, -0.1) is 0 Å². The molecule has 0 radical (unpaired) electrons. The van der Waals surface area contributed by atoms with E-state index in [-0.39, 0.29) is 5.82 Å². The molecule has 1 heterocycles. The third kappa shape index (κ3) is 2.02. The van der Waals surface area contributed by atoms with Crippen LogP contribution in [0.1, 0.15) is 5.82 Å². The number of amides is 1. The molecule has 2 N–H and O–H groups in total. The minimum absolute atomic E-state index is 0.369. The first-order valence-corrected chi connectivity index (χ1v) is 4.94. The minimum atomic E-state index is -0.369. The van der Waals surface area contributed by atoms with Gasteiger partial charge in [-0.3, -0.25) is 4.79 Å². The van der Waals surface area contributed by atoms with Crippen LogP contribution in [0.4, 0.5) is 4.39 Å². The maximum Gasteiger partial charge on any atom is 0.243 e. The Morgan fingerprint density at radius 2 is 2.18 bits per heavy atom. The van der Waals surface area contributed by atoms with Crippen molar-refractivity contribution in [3.8, 4) is 11.3 Å². The monoisotopic (exact) mass is 234 g/mol. The van der Waals surface area contributed by atoms with Gasteiger partial charge in [0, 0.05) is 5.56 Å². The lowest BCUT2D eigenvalue weighted by Crippen LogP contribution is -2.40. The van der Waals surface area contributed by atoms with Gasteiger partial charge < -0.3 is 0 Å². The second kappa shape index (κ2) is 4.34. The fraction of sp³-hybridized carbons (Fsp3) is 0.0909. The summed E-state index contributed by atoms with van der Waals surface area (Å²) in [6.07, 6.45) is 1.95. The summed E-state index contributed by atoms with van der Waals surface area (Å²) in [6, 6.07) is 6.28. The molecule has 0 fully saturated rings. The maximum atomic E-state index is 13.5. The van der Waals surface area contributed by atoms with E-state index < -0.39 is 0 Å². The zero-order valence-corrected chi connectivity index (χ0v) is 9.17. The number of aryl methyl sites for hydroxylation is 1. The lowest BCUT2D eigenvalue weighted by molar-refractivity contribution is -0.108. The van der Waals surface area contributed by atoms with Gasteiger partial charge >= 0.3 is 0 Å². The number of carbonyl (C=O) groups excluding carboxylic acids is 1. The van der Waals surface area contributed by atoms with Crippen LogP contribution in [0, 0.1) is 12.7 Å². The summed E-state index contributed by atoms with van der Waals surface area (Å²) < 4.78 is 14.9. The molecule has 0 bridgehead atoms. The van der Waals surface area contributed by atoms with Gasteiger partial charge in [-0.1, -0.05) is 12.1 Å². The molecule has 0 saturated heterocycles. The lowest BCUT2D eigenvalue weighted by atomic mass is 10.1. The van der Waals surface area contributed by atoms with Crippen molar-refractivity contribution in [2.45, 2.75) is 6.92 Å². The van der Waals surface area contributed by atoms with E-state index in [1.165, 1.54) is 16.9 Å². The summed E-state index contributed by atoms with van der Waals surface area (Å²) in [6.45, 7) is 1.67. The molecule has 88 valence electrons. The predicted molar refractivity (Wildman–Crippen MR) is 60.8 cm³/mol. The molecule has 2 rings (SSSR count). The topological polar surface area (TPSA) is 64.2 Å². The molecule has 2 aromatic rings. The number of imidazole rings is 1. The highest BCUT2D eigenvalue weighted by atomic mass is 19.1. The number of halogens is 1. The molecule has 0 saturated carbocycles. The standard InChI is InChI=1S/C11H11FN4O/c1-8-14-11(6-15(8)16(13)7-17)9-4-2-3-5-10(9)12/h2-7H,13H2,1H3. The summed E-state index contributed by atoms with van der Waals surface area (Å²) in [5.74, 6) is 5.55. The molecule has 5 nitrogen and oxygen atoms in total. The summed E-state index contributed by atoms with van der Waals surface area (Å²) in [7, 11) is 0. The average Bonchev–Trinajstić information content (AvgIpc) is 2.71. The van der Waals surface area contributed by atoms with Crippen LogP contribution in [0.2, 0.25) is 0 Å². The van der Waals surface area contributed by atoms with E-state index in [2.05, 4.69) is 4.98 Å². The number of carbonyl (C=O) groups is 1. The van der Waals surface area contributed by atoms with E-state index >= 15 is 0 Å². The number of hydrogen-bond acceptors (Lipinski definition) is 3. The van der Waals surface area contributed by atoms with Crippen molar-refractivity contribution in [2.75, 3.05) is 5.12 Å². The zero-order valence-electron chi connectivity index (χ0n) is 9.17. The first-order chi connectivity index (χ1) is 8.13. The molecular weight excluding hydrogens is 223 g/mol. The summed E-state index contributed by atoms with van der Waals surface area (Å²) in [5, 5.41) is 0.840. The number of nitrogens with zero attached hydrogens (tertiary/aromatic N) is 3. The largest absolute Gasteiger partial charge is 0.275 e. The van der Waals surface area contributed by atoms with Crippen LogP contribution < -0.4 is 11.0 Å². The van der Waals surface area contributed by atoms with Crippen LogP contribution in [0.5, 0.6) is 0 Å². The molecule has 0 unspecified atom stereocenters. The molecular formula is C11H11FN4O. The predicted octanol–water partition coefficient (Wildman–Crippen LogP) is 0.966. The number of hydrogen-bond donors (Lipinski definition) is 1. The van der Waals surface area contributed by atoms with Gasteiger partial charge in [0.1, 0.15) is 11.6 Å². The van der Waals surface area contributed by atoms with Crippen molar-refractivity contribution < 1.29 is 9.18 Å². The molecule has 17 heavy (non-hydrogen) atoms. The molecule has 1 aromatic heterocycles. The van der Waals surface area contributed by atoms with Gasteiger partial charge in [0.2, 0.25) is 6.41 Å². The Morgan fingerprint density at radius 1 is 1.47 bits per heavy atom. The second-order valence-electron chi connectivity index (χ2n) is 3.48. The van der Waals surface area contributed by atoms with Crippen LogP contribution in [-0.4, -0.2) is 16.1 Å². The fourth-order valence-corrected chi connectivity index (χ4v) is 1.55. The Balaban J connectivity index is 2.48. The van der Waals surface area contributed by atoms with Crippen LogP contribution in [0.3, 0.4) is 0 Å². The Morgan fingerprint density at radius 3 is 2.82 bits per heavy atom. The van der Waals surface area contributed by atoms with E-state index in [9.17, 15) is 9.18 Å². The molecule has 0 aliphatic carbocycles. The molecule has 1 aromatic carbocycles. The van der Waals surface area contributed by atoms with Crippen LogP contribution in [-0.2, 0) is 4.79 Å². The Labute approximate surface area is 97.2 Å². The Kier molecular flexibility index (Phi) is 2.88. The van der Waals surface area contributed by atoms with E-state index in [4.69, 9.17) is 5.84 Å². The quantitative estimate of drug-likeness (QED) is 0.372. The van der Waals surface area contributed by atoms with Crippen molar-refractivity contribution in [3.05, 3.63) is 42.1 Å². The van der Waals surface area contributed by atoms with Gasteiger partial charge in [-0.05, 0) is 19.1 Å². The van der Waals surface area contributed by atoms with E-state index in [1.807, 2.05) is 0 Å². The summed E-state index contributed by atoms with van der Waals surface area (Å²) in [4.78, 5) is 14.7. The molecule has 0 aliphatic heterocycles. The van der Waals surface area contributed by atoms with Crippen molar-refractivity contribution >= 4 is 6.41 Å². The minimum Gasteiger partial charge on any atom is -0.275 e. The van der Waals surface area contributed by atoms with Crippen LogP contribution >= 0.6 is 0 Å². The highest BCUT2D eigenvalue weighted by Gasteiger charge is 2.11. The molecule has 1 amide bonds. The zero-order chi connectivity index (χ0) is 12.4.